The van der Waals surface area contributed by atoms with E-state index < -0.39 is 10.0 Å². The van der Waals surface area contributed by atoms with Crippen molar-refractivity contribution in [2.75, 3.05) is 6.54 Å². The van der Waals surface area contributed by atoms with Crippen LogP contribution in [-0.2, 0) is 23.1 Å². The quantitative estimate of drug-likeness (QED) is 0.919. The van der Waals surface area contributed by atoms with Crippen molar-refractivity contribution in [2.24, 2.45) is 0 Å². The minimum absolute atomic E-state index is 0.177. The van der Waals surface area contributed by atoms with E-state index in [9.17, 15) is 8.42 Å². The van der Waals surface area contributed by atoms with Crippen molar-refractivity contribution in [1.29, 1.82) is 0 Å². The molecule has 1 aromatic carbocycles. The van der Waals surface area contributed by atoms with E-state index in [1.807, 2.05) is 12.1 Å². The summed E-state index contributed by atoms with van der Waals surface area (Å²) < 4.78 is 27.1. The molecule has 3 rings (SSSR count). The van der Waals surface area contributed by atoms with Crippen LogP contribution in [0.5, 0.6) is 0 Å². The fourth-order valence-corrected chi connectivity index (χ4v) is 4.92. The molecule has 0 saturated carbocycles. The second kappa shape index (κ2) is 4.89. The van der Waals surface area contributed by atoms with Crippen LogP contribution in [0, 0.1) is 0 Å². The first-order chi connectivity index (χ1) is 9.13. The molecule has 0 amide bonds. The maximum Gasteiger partial charge on any atom is 0.243 e. The van der Waals surface area contributed by atoms with Crippen molar-refractivity contribution in [3.8, 4) is 0 Å². The predicted molar refractivity (Wildman–Crippen MR) is 74.2 cm³/mol. The first kappa shape index (κ1) is 13.1. The lowest BCUT2D eigenvalue weighted by molar-refractivity contribution is 0.379. The van der Waals surface area contributed by atoms with Gasteiger partial charge in [0.1, 0.15) is 0 Å². The fraction of sp³-hybridized carbons (Fsp3) is 0.571. The number of nitrogens with one attached hydrogen (secondary N) is 1. The first-order valence-electron chi connectivity index (χ1n) is 6.97. The van der Waals surface area contributed by atoms with E-state index in [2.05, 4.69) is 12.2 Å². The average Bonchev–Trinajstić information content (AvgIpc) is 3.06. The number of hydrogen-bond donors (Lipinski definition) is 1. The van der Waals surface area contributed by atoms with Gasteiger partial charge in [0.05, 0.1) is 4.90 Å². The van der Waals surface area contributed by atoms with Crippen molar-refractivity contribution in [3.63, 3.8) is 0 Å². The van der Waals surface area contributed by atoms with Crippen LogP contribution in [0.3, 0.4) is 0 Å². The largest absolute Gasteiger partial charge is 0.309 e. The van der Waals surface area contributed by atoms with Gasteiger partial charge in [0.2, 0.25) is 10.0 Å². The van der Waals surface area contributed by atoms with E-state index in [4.69, 9.17) is 0 Å². The summed E-state index contributed by atoms with van der Waals surface area (Å²) in [5, 5.41) is 3.25. The highest BCUT2D eigenvalue weighted by atomic mass is 32.2. The van der Waals surface area contributed by atoms with E-state index >= 15 is 0 Å². The fourth-order valence-electron chi connectivity index (χ4n) is 3.10. The molecule has 1 fully saturated rings. The van der Waals surface area contributed by atoms with Gasteiger partial charge in [-0.15, -0.1) is 0 Å². The zero-order chi connectivity index (χ0) is 13.5. The first-order valence-corrected chi connectivity index (χ1v) is 8.41. The molecule has 4 nitrogen and oxygen atoms in total. The van der Waals surface area contributed by atoms with E-state index in [0.717, 1.165) is 37.9 Å². The highest BCUT2D eigenvalue weighted by Crippen LogP contribution is 2.29. The Morgan fingerprint density at radius 2 is 2.11 bits per heavy atom. The summed E-state index contributed by atoms with van der Waals surface area (Å²) in [5.41, 5.74) is 2.33. The molecular formula is C14H20N2O2S. The third-order valence-corrected chi connectivity index (χ3v) is 6.16. The standard InChI is InChI=1S/C14H20N2O2S/c1-2-13-4-3-7-16(13)19(17,18)14-6-5-11-9-15-10-12(11)8-14/h5-6,8,13,15H,2-4,7,9-10H2,1H3. The molecule has 0 aromatic heterocycles. The molecule has 1 atom stereocenters. The Kier molecular flexibility index (Phi) is 3.37. The van der Waals surface area contributed by atoms with Crippen LogP contribution in [0.4, 0.5) is 0 Å². The Hall–Kier alpha value is -0.910. The summed E-state index contributed by atoms with van der Waals surface area (Å²) in [4.78, 5) is 0.454. The summed E-state index contributed by atoms with van der Waals surface area (Å²) in [6.07, 6.45) is 2.86. The molecule has 0 radical (unpaired) electrons. The molecule has 1 aromatic rings. The number of sulfonamides is 1. The lowest BCUT2D eigenvalue weighted by Crippen LogP contribution is -2.35. The van der Waals surface area contributed by atoms with Crippen LogP contribution in [-0.4, -0.2) is 25.3 Å². The van der Waals surface area contributed by atoms with Gasteiger partial charge in [0.15, 0.2) is 0 Å². The SMILES string of the molecule is CCC1CCCN1S(=O)(=O)c1ccc2c(c1)CNC2. The van der Waals surface area contributed by atoms with Crippen molar-refractivity contribution in [3.05, 3.63) is 29.3 Å². The molecule has 0 spiro atoms. The monoisotopic (exact) mass is 280 g/mol. The third-order valence-electron chi connectivity index (χ3n) is 4.21. The van der Waals surface area contributed by atoms with Crippen LogP contribution in [0.1, 0.15) is 37.3 Å². The van der Waals surface area contributed by atoms with Gasteiger partial charge in [-0.3, -0.25) is 0 Å². The molecule has 0 aliphatic carbocycles. The van der Waals surface area contributed by atoms with Gasteiger partial charge in [0.25, 0.3) is 0 Å². The number of rotatable bonds is 3. The minimum Gasteiger partial charge on any atom is -0.309 e. The van der Waals surface area contributed by atoms with Crippen LogP contribution in [0.25, 0.3) is 0 Å². The van der Waals surface area contributed by atoms with Crippen LogP contribution < -0.4 is 5.32 Å². The Morgan fingerprint density at radius 3 is 2.89 bits per heavy atom. The molecule has 0 bridgehead atoms. The average molecular weight is 280 g/mol. The van der Waals surface area contributed by atoms with Crippen LogP contribution in [0.2, 0.25) is 0 Å². The number of hydrogen-bond acceptors (Lipinski definition) is 3. The molecule has 1 saturated heterocycles. The van der Waals surface area contributed by atoms with Gasteiger partial charge in [-0.1, -0.05) is 13.0 Å². The second-order valence-electron chi connectivity index (χ2n) is 5.35. The Labute approximate surface area is 114 Å². The molecule has 104 valence electrons. The predicted octanol–water partition coefficient (Wildman–Crippen LogP) is 1.85. The van der Waals surface area contributed by atoms with E-state index in [1.54, 1.807) is 10.4 Å². The molecule has 1 N–H and O–H groups in total. The van der Waals surface area contributed by atoms with Gasteiger partial charge in [-0.2, -0.15) is 4.31 Å². The van der Waals surface area contributed by atoms with Gasteiger partial charge < -0.3 is 5.32 Å². The highest BCUT2D eigenvalue weighted by molar-refractivity contribution is 7.89. The van der Waals surface area contributed by atoms with Crippen molar-refractivity contribution in [2.45, 2.75) is 50.2 Å². The van der Waals surface area contributed by atoms with E-state index in [-0.39, 0.29) is 6.04 Å². The third kappa shape index (κ3) is 2.20. The Bertz CT molecular complexity index is 583. The summed E-state index contributed by atoms with van der Waals surface area (Å²) in [6.45, 7) is 4.34. The molecule has 2 heterocycles. The molecular weight excluding hydrogens is 260 g/mol. The maximum atomic E-state index is 12.7. The van der Waals surface area contributed by atoms with Crippen molar-refractivity contribution < 1.29 is 8.42 Å². The normalized spacial score (nSPS) is 23.7. The van der Waals surface area contributed by atoms with E-state index in [0.29, 0.717) is 11.4 Å². The minimum atomic E-state index is -3.32. The smallest absolute Gasteiger partial charge is 0.243 e. The molecule has 1 unspecified atom stereocenters. The highest BCUT2D eigenvalue weighted by Gasteiger charge is 2.34. The zero-order valence-corrected chi connectivity index (χ0v) is 12.0. The lowest BCUT2D eigenvalue weighted by atomic mass is 10.1. The Morgan fingerprint density at radius 1 is 1.32 bits per heavy atom. The van der Waals surface area contributed by atoms with Gasteiger partial charge in [0, 0.05) is 25.7 Å². The van der Waals surface area contributed by atoms with E-state index in [1.165, 1.54) is 5.56 Å². The molecule has 19 heavy (non-hydrogen) atoms. The number of benzene rings is 1. The van der Waals surface area contributed by atoms with Crippen molar-refractivity contribution >= 4 is 10.0 Å². The van der Waals surface area contributed by atoms with Crippen LogP contribution >= 0.6 is 0 Å². The Balaban J connectivity index is 1.96. The second-order valence-corrected chi connectivity index (χ2v) is 7.24. The summed E-state index contributed by atoms with van der Waals surface area (Å²) in [6, 6.07) is 5.72. The maximum absolute atomic E-state index is 12.7. The van der Waals surface area contributed by atoms with Crippen molar-refractivity contribution in [1.82, 2.24) is 9.62 Å². The summed E-state index contributed by atoms with van der Waals surface area (Å²) >= 11 is 0. The van der Waals surface area contributed by atoms with Gasteiger partial charge in [-0.05, 0) is 42.5 Å². The van der Waals surface area contributed by atoms with Gasteiger partial charge in [-0.25, -0.2) is 8.42 Å². The summed E-state index contributed by atoms with van der Waals surface area (Å²) in [5.74, 6) is 0. The van der Waals surface area contributed by atoms with Gasteiger partial charge >= 0.3 is 0 Å². The molecule has 5 heteroatoms. The topological polar surface area (TPSA) is 49.4 Å². The molecule has 2 aliphatic heterocycles. The zero-order valence-electron chi connectivity index (χ0n) is 11.2. The number of fused-ring (bicyclic) bond motifs is 1. The summed E-state index contributed by atoms with van der Waals surface area (Å²) in [7, 11) is -3.32. The number of nitrogens with zero attached hydrogens (tertiary/aromatic N) is 1. The molecule has 2 aliphatic rings. The van der Waals surface area contributed by atoms with Crippen LogP contribution in [0.15, 0.2) is 23.1 Å². The lowest BCUT2D eigenvalue weighted by Gasteiger charge is -2.23.